The van der Waals surface area contributed by atoms with Crippen LogP contribution in [0.4, 0.5) is 0 Å². The van der Waals surface area contributed by atoms with Crippen LogP contribution in [0.2, 0.25) is 0 Å². The van der Waals surface area contributed by atoms with Crippen LogP contribution in [-0.4, -0.2) is 34.4 Å². The molecule has 2 N–H and O–H groups in total. The first kappa shape index (κ1) is 12.3. The molecule has 0 fully saturated rings. The van der Waals surface area contributed by atoms with Crippen molar-refractivity contribution in [1.82, 2.24) is 0 Å². The molecule has 86 valence electrons. The van der Waals surface area contributed by atoms with E-state index in [-0.39, 0.29) is 10.8 Å². The molecule has 0 atom stereocenters. The first-order valence-corrected chi connectivity index (χ1v) is 7.56. The van der Waals surface area contributed by atoms with Gasteiger partial charge in [-0.05, 0) is 0 Å². The first-order valence-electron chi connectivity index (χ1n) is 3.07. The average molecular weight is 276 g/mol. The van der Waals surface area contributed by atoms with Crippen LogP contribution < -0.4 is 0 Å². The van der Waals surface area contributed by atoms with Crippen molar-refractivity contribution >= 4 is 30.1 Å². The van der Waals surface area contributed by atoms with Crippen molar-refractivity contribution in [1.29, 1.82) is 0 Å². The van der Waals surface area contributed by atoms with Gasteiger partial charge in [-0.15, -0.1) is 0 Å². The minimum atomic E-state index is -5.03. The Morgan fingerprint density at radius 1 is 0.867 bits per heavy atom. The third-order valence-corrected chi connectivity index (χ3v) is 4.68. The van der Waals surface area contributed by atoms with Crippen molar-refractivity contribution in [2.24, 2.45) is 0 Å². The first-order chi connectivity index (χ1) is 6.43. The molecular weight excluding hydrogens is 272 g/mol. The molecule has 1 rings (SSSR count). The Morgan fingerprint density at radius 3 is 1.33 bits per heavy atom. The summed E-state index contributed by atoms with van der Waals surface area (Å²) in [5.74, 6) is 0. The number of hydrogen-bond donors (Lipinski definition) is 2. The van der Waals surface area contributed by atoms with E-state index >= 15 is 0 Å². The third-order valence-electron chi connectivity index (χ3n) is 1.34. The Balaban J connectivity index is 3.66. The van der Waals surface area contributed by atoms with Gasteiger partial charge in [-0.25, -0.2) is 8.42 Å². The summed E-state index contributed by atoms with van der Waals surface area (Å²) in [7, 11) is -14.3. The van der Waals surface area contributed by atoms with Gasteiger partial charge < -0.3 is 0 Å². The topological polar surface area (TPSA) is 143 Å². The monoisotopic (exact) mass is 276 g/mol. The molecule has 0 spiro atoms. The van der Waals surface area contributed by atoms with Crippen LogP contribution in [0.15, 0.2) is 20.6 Å². The molecule has 15 heavy (non-hydrogen) atoms. The normalized spacial score (nSPS) is 20.9. The van der Waals surface area contributed by atoms with Crippen molar-refractivity contribution in [2.45, 2.75) is 0 Å². The van der Waals surface area contributed by atoms with Gasteiger partial charge in [-0.3, -0.25) is 9.11 Å². The highest BCUT2D eigenvalue weighted by molar-refractivity contribution is 8.02. The van der Waals surface area contributed by atoms with E-state index in [1.54, 1.807) is 0 Å². The molecule has 0 radical (unpaired) electrons. The minimum absolute atomic E-state index is 0.0332. The fourth-order valence-electron chi connectivity index (χ4n) is 0.824. The summed E-state index contributed by atoms with van der Waals surface area (Å²) < 4.78 is 81.0. The van der Waals surface area contributed by atoms with Gasteiger partial charge in [0.25, 0.3) is 20.2 Å². The van der Waals surface area contributed by atoms with E-state index in [0.29, 0.717) is 0 Å². The molecule has 1 heterocycles. The number of rotatable bonds is 2. The summed E-state index contributed by atoms with van der Waals surface area (Å²) >= 11 is 0. The van der Waals surface area contributed by atoms with Gasteiger partial charge >= 0.3 is 0 Å². The van der Waals surface area contributed by atoms with Crippen LogP contribution in [0.5, 0.6) is 0 Å². The lowest BCUT2D eigenvalue weighted by molar-refractivity contribution is 0.483. The lowest BCUT2D eigenvalue weighted by Gasteiger charge is -1.99. The second kappa shape index (κ2) is 3.12. The van der Waals surface area contributed by atoms with Crippen LogP contribution in [0, 0.1) is 0 Å². The standard InChI is InChI=1S/C4H4O8S3/c5-13(6)1-3(14(7,8)9)4(2-13)15(10,11)12/h1-2H,(H,7,8,9)(H,10,11,12). The van der Waals surface area contributed by atoms with Crippen LogP contribution in [0.3, 0.4) is 0 Å². The zero-order valence-electron chi connectivity index (χ0n) is 6.72. The highest BCUT2D eigenvalue weighted by Gasteiger charge is 2.35. The Kier molecular flexibility index (Phi) is 2.56. The predicted octanol–water partition coefficient (Wildman–Crippen LogP) is -1.13. The van der Waals surface area contributed by atoms with E-state index in [9.17, 15) is 25.3 Å². The van der Waals surface area contributed by atoms with Crippen LogP contribution in [0.25, 0.3) is 0 Å². The maximum Gasteiger partial charge on any atom is 0.296 e. The number of sulfone groups is 1. The smallest absolute Gasteiger partial charge is 0.282 e. The van der Waals surface area contributed by atoms with Gasteiger partial charge in [0.15, 0.2) is 9.84 Å². The molecule has 8 nitrogen and oxygen atoms in total. The summed E-state index contributed by atoms with van der Waals surface area (Å²) in [5, 5.41) is 0.0663. The van der Waals surface area contributed by atoms with E-state index in [4.69, 9.17) is 9.11 Å². The molecule has 11 heteroatoms. The largest absolute Gasteiger partial charge is 0.296 e. The second-order valence-electron chi connectivity index (χ2n) is 2.50. The van der Waals surface area contributed by atoms with E-state index < -0.39 is 39.9 Å². The maximum atomic E-state index is 10.8. The molecule has 0 amide bonds. The average Bonchev–Trinajstić information content (AvgIpc) is 2.23. The summed E-state index contributed by atoms with van der Waals surface area (Å²) in [6.07, 6.45) is 0. The Morgan fingerprint density at radius 2 is 1.13 bits per heavy atom. The van der Waals surface area contributed by atoms with Gasteiger partial charge in [0.2, 0.25) is 0 Å². The highest BCUT2D eigenvalue weighted by Crippen LogP contribution is 2.29. The molecule has 0 saturated carbocycles. The molecule has 0 saturated heterocycles. The predicted molar refractivity (Wildman–Crippen MR) is 48.2 cm³/mol. The summed E-state index contributed by atoms with van der Waals surface area (Å²) in [4.78, 5) is -2.74. The molecule has 1 aliphatic heterocycles. The Hall–Kier alpha value is -0.750. The highest BCUT2D eigenvalue weighted by atomic mass is 32.2. The lowest BCUT2D eigenvalue weighted by Crippen LogP contribution is -2.09. The van der Waals surface area contributed by atoms with Crippen molar-refractivity contribution < 1.29 is 34.4 Å². The van der Waals surface area contributed by atoms with Crippen molar-refractivity contribution in [3.63, 3.8) is 0 Å². The van der Waals surface area contributed by atoms with Crippen LogP contribution in [-0.2, 0) is 30.1 Å². The quantitative estimate of drug-likeness (QED) is 0.603. The fraction of sp³-hybridized carbons (Fsp3) is 0. The molecule has 1 aliphatic rings. The second-order valence-corrected chi connectivity index (χ2v) is 6.93. The van der Waals surface area contributed by atoms with Crippen molar-refractivity contribution in [2.75, 3.05) is 0 Å². The van der Waals surface area contributed by atoms with Gasteiger partial charge in [-0.1, -0.05) is 0 Å². The molecule has 0 bridgehead atoms. The lowest BCUT2D eigenvalue weighted by atomic mass is 10.6. The molecular formula is C4H4O8S3. The van der Waals surface area contributed by atoms with E-state index in [1.165, 1.54) is 0 Å². The van der Waals surface area contributed by atoms with Gasteiger partial charge in [0.05, 0.1) is 10.8 Å². The van der Waals surface area contributed by atoms with Crippen molar-refractivity contribution in [3.8, 4) is 0 Å². The van der Waals surface area contributed by atoms with Gasteiger partial charge in [0, 0.05) is 0 Å². The molecule has 0 aliphatic carbocycles. The SMILES string of the molecule is O=S1(=O)C=C(S(=O)(=O)O)C(S(=O)(=O)O)=C1. The van der Waals surface area contributed by atoms with E-state index in [0.717, 1.165) is 0 Å². The van der Waals surface area contributed by atoms with E-state index in [1.807, 2.05) is 0 Å². The summed E-state index contributed by atoms with van der Waals surface area (Å²) in [6.45, 7) is 0. The van der Waals surface area contributed by atoms with Crippen LogP contribution >= 0.6 is 0 Å². The van der Waals surface area contributed by atoms with Gasteiger partial charge in [0.1, 0.15) is 9.81 Å². The molecule has 0 aromatic carbocycles. The third kappa shape index (κ3) is 2.63. The maximum absolute atomic E-state index is 10.8. The fourth-order valence-corrected chi connectivity index (χ4v) is 4.93. The molecule has 0 unspecified atom stereocenters. The molecule has 0 aromatic heterocycles. The zero-order valence-corrected chi connectivity index (χ0v) is 9.17. The summed E-state index contributed by atoms with van der Waals surface area (Å²) in [5.41, 5.74) is 0. The van der Waals surface area contributed by atoms with Crippen LogP contribution in [0.1, 0.15) is 0 Å². The number of hydrogen-bond acceptors (Lipinski definition) is 6. The molecule has 0 aromatic rings. The zero-order chi connectivity index (χ0) is 12.1. The van der Waals surface area contributed by atoms with Crippen molar-refractivity contribution in [3.05, 3.63) is 20.6 Å². The minimum Gasteiger partial charge on any atom is -0.282 e. The summed E-state index contributed by atoms with van der Waals surface area (Å²) in [6, 6.07) is 0. The van der Waals surface area contributed by atoms with Gasteiger partial charge in [-0.2, -0.15) is 16.8 Å². The van der Waals surface area contributed by atoms with E-state index in [2.05, 4.69) is 0 Å². The Bertz CT molecular complexity index is 601. The Labute approximate surface area is 85.3 Å².